The fourth-order valence-electron chi connectivity index (χ4n) is 2.73. The largest absolute Gasteiger partial charge is 0.375 e. The molecule has 3 heterocycles. The van der Waals surface area contributed by atoms with Crippen LogP contribution in [0.3, 0.4) is 0 Å². The molecule has 2 aliphatic heterocycles. The van der Waals surface area contributed by atoms with Gasteiger partial charge < -0.3 is 14.6 Å². The number of nitrogens with zero attached hydrogens (tertiary/aromatic N) is 2. The first-order chi connectivity index (χ1) is 9.28. The number of carbonyl (C=O) groups is 1. The molecule has 2 N–H and O–H groups in total. The molecule has 3 rings (SSSR count). The summed E-state index contributed by atoms with van der Waals surface area (Å²) >= 11 is 0. The van der Waals surface area contributed by atoms with Crippen LogP contribution in [-0.2, 0) is 22.5 Å². The molecule has 6 heteroatoms. The Balaban J connectivity index is 1.65. The quantitative estimate of drug-likeness (QED) is 0.792. The highest BCUT2D eigenvalue weighted by atomic mass is 16.5. The molecule has 1 saturated heterocycles. The van der Waals surface area contributed by atoms with Crippen molar-refractivity contribution < 1.29 is 9.53 Å². The van der Waals surface area contributed by atoms with E-state index in [0.29, 0.717) is 32.7 Å². The number of hydrogen-bond acceptors (Lipinski definition) is 4. The van der Waals surface area contributed by atoms with Crippen LogP contribution >= 0.6 is 0 Å². The lowest BCUT2D eigenvalue weighted by molar-refractivity contribution is -0.141. The van der Waals surface area contributed by atoms with E-state index in [0.717, 1.165) is 17.8 Å². The molecule has 6 nitrogen and oxygen atoms in total. The summed E-state index contributed by atoms with van der Waals surface area (Å²) in [5.74, 6) is 0.176. The third-order valence-corrected chi connectivity index (χ3v) is 3.93. The molecule has 1 fully saturated rings. The number of imidazole rings is 1. The maximum absolute atomic E-state index is 12.5. The summed E-state index contributed by atoms with van der Waals surface area (Å²) in [6.07, 6.45) is 3.50. The molecule has 0 spiro atoms. The number of H-pyrrole nitrogens is 1. The van der Waals surface area contributed by atoms with E-state index in [1.807, 2.05) is 4.90 Å². The van der Waals surface area contributed by atoms with Crippen LogP contribution in [0.5, 0.6) is 0 Å². The third-order valence-electron chi connectivity index (χ3n) is 3.93. The van der Waals surface area contributed by atoms with Crippen molar-refractivity contribution >= 4 is 5.91 Å². The predicted molar refractivity (Wildman–Crippen MR) is 69.5 cm³/mol. The first-order valence-electron chi connectivity index (χ1n) is 6.92. The number of hydrogen-bond donors (Lipinski definition) is 2. The van der Waals surface area contributed by atoms with Gasteiger partial charge in [-0.25, -0.2) is 4.98 Å². The number of nitrogens with one attached hydrogen (secondary N) is 2. The Bertz CT molecular complexity index is 459. The van der Waals surface area contributed by atoms with Crippen LogP contribution in [0.15, 0.2) is 6.33 Å². The second-order valence-corrected chi connectivity index (χ2v) is 5.15. The number of amides is 1. The lowest BCUT2D eigenvalue weighted by Crippen LogP contribution is -2.54. The predicted octanol–water partition coefficient (Wildman–Crippen LogP) is 0.0614. The minimum Gasteiger partial charge on any atom is -0.375 e. The van der Waals surface area contributed by atoms with Crippen LogP contribution in [0, 0.1) is 0 Å². The van der Waals surface area contributed by atoms with Crippen molar-refractivity contribution in [3.8, 4) is 0 Å². The van der Waals surface area contributed by atoms with E-state index < -0.39 is 0 Å². The average Bonchev–Trinajstić information content (AvgIpc) is 2.94. The van der Waals surface area contributed by atoms with E-state index >= 15 is 0 Å². The highest BCUT2D eigenvalue weighted by Crippen LogP contribution is 2.16. The van der Waals surface area contributed by atoms with Gasteiger partial charge in [-0.1, -0.05) is 6.92 Å². The van der Waals surface area contributed by atoms with Gasteiger partial charge in [-0.15, -0.1) is 0 Å². The van der Waals surface area contributed by atoms with Gasteiger partial charge in [0.05, 0.1) is 36.5 Å². The zero-order valence-electron chi connectivity index (χ0n) is 11.2. The van der Waals surface area contributed by atoms with Crippen molar-refractivity contribution in [3.63, 3.8) is 0 Å². The van der Waals surface area contributed by atoms with Gasteiger partial charge in [0.15, 0.2) is 0 Å². The lowest BCUT2D eigenvalue weighted by Gasteiger charge is -2.35. The molecule has 0 bridgehead atoms. The van der Waals surface area contributed by atoms with E-state index in [4.69, 9.17) is 4.74 Å². The summed E-state index contributed by atoms with van der Waals surface area (Å²) in [6, 6.07) is -0.147. The SMILES string of the molecule is CCC1CN(C(=O)C2Cc3nc[nH]c3CN2)CCO1. The number of fused-ring (bicyclic) bond motifs is 1. The molecule has 2 unspecified atom stereocenters. The van der Waals surface area contributed by atoms with E-state index in [1.54, 1.807) is 6.33 Å². The van der Waals surface area contributed by atoms with Crippen LogP contribution in [-0.4, -0.2) is 52.6 Å². The zero-order chi connectivity index (χ0) is 13.2. The van der Waals surface area contributed by atoms with Crippen LogP contribution < -0.4 is 5.32 Å². The number of ether oxygens (including phenoxy) is 1. The normalized spacial score (nSPS) is 27.1. The Kier molecular flexibility index (Phi) is 3.52. The molecule has 2 atom stereocenters. The Morgan fingerprint density at radius 3 is 3.37 bits per heavy atom. The summed E-state index contributed by atoms with van der Waals surface area (Å²) in [7, 11) is 0. The van der Waals surface area contributed by atoms with Gasteiger partial charge in [-0.05, 0) is 6.42 Å². The van der Waals surface area contributed by atoms with Gasteiger partial charge >= 0.3 is 0 Å². The molecule has 0 aliphatic carbocycles. The second-order valence-electron chi connectivity index (χ2n) is 5.15. The van der Waals surface area contributed by atoms with Gasteiger partial charge in [0, 0.05) is 26.1 Å². The monoisotopic (exact) mass is 264 g/mol. The highest BCUT2D eigenvalue weighted by Gasteiger charge is 2.31. The number of aromatic amines is 1. The van der Waals surface area contributed by atoms with E-state index in [-0.39, 0.29) is 18.1 Å². The number of morpholine rings is 1. The number of aromatic nitrogens is 2. The Morgan fingerprint density at radius 2 is 2.53 bits per heavy atom. The summed E-state index contributed by atoms with van der Waals surface area (Å²) < 4.78 is 5.61. The maximum Gasteiger partial charge on any atom is 0.240 e. The Hall–Kier alpha value is -1.40. The fourth-order valence-corrected chi connectivity index (χ4v) is 2.73. The van der Waals surface area contributed by atoms with Gasteiger partial charge in [-0.3, -0.25) is 10.1 Å². The summed E-state index contributed by atoms with van der Waals surface area (Å²) in [5.41, 5.74) is 2.11. The van der Waals surface area contributed by atoms with Crippen molar-refractivity contribution in [1.29, 1.82) is 0 Å². The molecule has 1 amide bonds. The molecular weight excluding hydrogens is 244 g/mol. The summed E-state index contributed by atoms with van der Waals surface area (Å²) in [5, 5.41) is 3.29. The first kappa shape index (κ1) is 12.6. The Labute approximate surface area is 112 Å². The average molecular weight is 264 g/mol. The van der Waals surface area contributed by atoms with Crippen LogP contribution in [0.25, 0.3) is 0 Å². The van der Waals surface area contributed by atoms with Crippen molar-refractivity contribution in [2.24, 2.45) is 0 Å². The van der Waals surface area contributed by atoms with E-state index in [1.165, 1.54) is 0 Å². The van der Waals surface area contributed by atoms with Gasteiger partial charge in [0.2, 0.25) is 5.91 Å². The number of rotatable bonds is 2. The first-order valence-corrected chi connectivity index (χ1v) is 6.92. The van der Waals surface area contributed by atoms with E-state index in [2.05, 4.69) is 22.2 Å². The van der Waals surface area contributed by atoms with E-state index in [9.17, 15) is 4.79 Å². The molecule has 0 aromatic carbocycles. The van der Waals surface area contributed by atoms with Crippen molar-refractivity contribution in [2.75, 3.05) is 19.7 Å². The minimum absolute atomic E-state index is 0.147. The highest BCUT2D eigenvalue weighted by molar-refractivity contribution is 5.82. The van der Waals surface area contributed by atoms with Crippen LogP contribution in [0.1, 0.15) is 24.7 Å². The Morgan fingerprint density at radius 1 is 1.63 bits per heavy atom. The molecule has 2 aliphatic rings. The molecule has 0 saturated carbocycles. The van der Waals surface area contributed by atoms with Gasteiger partial charge in [-0.2, -0.15) is 0 Å². The molecule has 1 aromatic rings. The summed E-state index contributed by atoms with van der Waals surface area (Å²) in [4.78, 5) is 21.8. The maximum atomic E-state index is 12.5. The molecule has 1 aromatic heterocycles. The van der Waals surface area contributed by atoms with Crippen molar-refractivity contribution in [3.05, 3.63) is 17.7 Å². The molecular formula is C13H20N4O2. The summed E-state index contributed by atoms with van der Waals surface area (Å²) in [6.45, 7) is 4.83. The molecule has 19 heavy (non-hydrogen) atoms. The topological polar surface area (TPSA) is 70.2 Å². The smallest absolute Gasteiger partial charge is 0.240 e. The number of carbonyl (C=O) groups excluding carboxylic acids is 1. The fraction of sp³-hybridized carbons (Fsp3) is 0.692. The zero-order valence-corrected chi connectivity index (χ0v) is 11.2. The molecule has 104 valence electrons. The van der Waals surface area contributed by atoms with Crippen molar-refractivity contribution in [1.82, 2.24) is 20.2 Å². The van der Waals surface area contributed by atoms with Crippen LogP contribution in [0.4, 0.5) is 0 Å². The third kappa shape index (κ3) is 2.50. The van der Waals surface area contributed by atoms with Crippen molar-refractivity contribution in [2.45, 2.75) is 38.5 Å². The van der Waals surface area contributed by atoms with Gasteiger partial charge in [0.1, 0.15) is 0 Å². The minimum atomic E-state index is -0.147. The lowest BCUT2D eigenvalue weighted by atomic mass is 10.0. The van der Waals surface area contributed by atoms with Gasteiger partial charge in [0.25, 0.3) is 0 Å². The second kappa shape index (κ2) is 5.30. The molecule has 0 radical (unpaired) electrons. The van der Waals surface area contributed by atoms with Crippen LogP contribution in [0.2, 0.25) is 0 Å². The standard InChI is InChI=1S/C13H20N4O2/c1-2-9-7-17(3-4-19-9)13(18)11-5-10-12(6-14-11)16-8-15-10/h8-9,11,14H,2-7H2,1H3,(H,15,16).